The van der Waals surface area contributed by atoms with E-state index in [1.807, 2.05) is 0 Å². The van der Waals surface area contributed by atoms with Crippen LogP contribution in [0, 0.1) is 0 Å². The Balaban J connectivity index is 3.12. The van der Waals surface area contributed by atoms with Crippen molar-refractivity contribution in [1.82, 2.24) is 5.32 Å². The normalized spacial score (nSPS) is 12.3. The van der Waals surface area contributed by atoms with Gasteiger partial charge >= 0.3 is 7.82 Å². The van der Waals surface area contributed by atoms with Crippen molar-refractivity contribution in [2.45, 2.75) is 6.92 Å². The monoisotopic (exact) mass is 1960 g/mol. The van der Waals surface area contributed by atoms with Crippen LogP contribution in [0.3, 0.4) is 0 Å². The molecule has 0 aliphatic heterocycles. The van der Waals surface area contributed by atoms with E-state index >= 15 is 0 Å². The van der Waals surface area contributed by atoms with E-state index in [0.29, 0.717) is 509 Å². The van der Waals surface area contributed by atoms with Crippen LogP contribution < -0.4 is 5.32 Å². The van der Waals surface area contributed by atoms with Gasteiger partial charge in [-0.15, -0.1) is 0 Å². The standard InChI is InChI=1S/C85H172NO45P/c1-3-130-132(88,89)131-5-4-86-85(87)84-129-83-82-128-81-80-127-79-78-126-77-76-125-75-74-124-73-72-123-71-70-122-69-68-121-67-66-120-65-64-119-63-62-118-61-60-117-59-58-116-57-56-115-55-54-114-53-52-113-51-50-112-49-48-111-47-46-110-45-44-109-43-42-108-41-40-107-39-38-106-37-36-105-35-34-104-33-32-103-31-30-102-29-28-101-27-26-100-25-24-99-23-22-98-21-20-97-19-18-96-17-16-95-15-14-94-13-12-93-11-10-92-9-8-91-7-6-90-2/h3-84H2,1-2H3,(H,86,87)(H,88,89). The summed E-state index contributed by atoms with van der Waals surface area (Å²) in [6.45, 7) is 37.9. The molecule has 1 unspecified atom stereocenters. The molecule has 0 heterocycles. The van der Waals surface area contributed by atoms with Crippen LogP contribution in [-0.4, -0.2) is 560 Å². The molecule has 1 amide bonds. The first-order valence-corrected chi connectivity index (χ1v) is 47.9. The molecule has 0 rings (SSSR count). The molecule has 2 N–H and O–H groups in total. The summed E-state index contributed by atoms with van der Waals surface area (Å²) >= 11 is 0. The summed E-state index contributed by atoms with van der Waals surface area (Å²) in [6, 6.07) is 0. The highest BCUT2D eigenvalue weighted by atomic mass is 31.2. The number of ether oxygens (including phenoxy) is 40. The summed E-state index contributed by atoms with van der Waals surface area (Å²) in [5.74, 6) is -0.386. The molecule has 0 saturated heterocycles. The molecular formula is C85H172NO45P. The lowest BCUT2D eigenvalue weighted by Crippen LogP contribution is -2.31. The lowest BCUT2D eigenvalue weighted by atomic mass is 10.6. The highest BCUT2D eigenvalue weighted by Gasteiger charge is 2.19. The number of hydrogen-bond donors (Lipinski definition) is 2. The number of nitrogens with one attached hydrogen (secondary N) is 1. The summed E-state index contributed by atoms with van der Waals surface area (Å²) in [5.41, 5.74) is 0. The minimum atomic E-state index is -4.08. The number of hydrogen-bond acceptors (Lipinski definition) is 44. The third kappa shape index (κ3) is 122. The molecule has 0 fully saturated rings. The van der Waals surface area contributed by atoms with Crippen molar-refractivity contribution in [3.05, 3.63) is 0 Å². The van der Waals surface area contributed by atoms with Crippen LogP contribution in [-0.2, 0) is 208 Å². The number of amides is 1. The molecule has 0 aromatic carbocycles. The van der Waals surface area contributed by atoms with Gasteiger partial charge in [-0.1, -0.05) is 0 Å². The van der Waals surface area contributed by atoms with Crippen molar-refractivity contribution in [1.29, 1.82) is 0 Å². The first-order chi connectivity index (χ1) is 65.5. The van der Waals surface area contributed by atoms with Crippen molar-refractivity contribution in [2.24, 2.45) is 0 Å². The zero-order valence-electron chi connectivity index (χ0n) is 79.8. The van der Waals surface area contributed by atoms with Gasteiger partial charge in [0, 0.05) is 13.7 Å². The molecule has 132 heavy (non-hydrogen) atoms. The lowest BCUT2D eigenvalue weighted by molar-refractivity contribution is -0.126. The van der Waals surface area contributed by atoms with Crippen LogP contribution in [0.15, 0.2) is 0 Å². The number of methoxy groups -OCH3 is 1. The van der Waals surface area contributed by atoms with E-state index in [-0.39, 0.29) is 38.9 Å². The van der Waals surface area contributed by atoms with Gasteiger partial charge in [0.15, 0.2) is 0 Å². The van der Waals surface area contributed by atoms with Crippen LogP contribution in [0.4, 0.5) is 0 Å². The molecule has 0 spiro atoms. The van der Waals surface area contributed by atoms with Gasteiger partial charge in [-0.3, -0.25) is 13.8 Å². The second-order valence-electron chi connectivity index (χ2n) is 26.4. The fraction of sp³-hybridized carbons (Fsp3) is 0.988. The van der Waals surface area contributed by atoms with Crippen molar-refractivity contribution >= 4 is 13.7 Å². The highest BCUT2D eigenvalue weighted by Crippen LogP contribution is 2.42. The SMILES string of the molecule is CCOP(=O)(O)OCCNC(=O)COCCOCCOCCOCCOCCOCCOCCOCCOCCOCCOCCOCCOCCOCCOCCOCCOCCOCCOCCOCCOCCOCCOCCOCCOCCOCCOCCOCCOCCOCCOCCOCCOCCOCCOCCOCCOCCOCCOCCOC. The maximum Gasteiger partial charge on any atom is 0.472 e. The van der Waals surface area contributed by atoms with E-state index in [9.17, 15) is 14.3 Å². The molecule has 0 bridgehead atoms. The van der Waals surface area contributed by atoms with E-state index in [4.69, 9.17) is 189 Å². The fourth-order valence-electron chi connectivity index (χ4n) is 9.27. The van der Waals surface area contributed by atoms with Crippen LogP contribution in [0.25, 0.3) is 0 Å². The Morgan fingerprint density at radius 3 is 0.386 bits per heavy atom. The van der Waals surface area contributed by atoms with Crippen molar-refractivity contribution in [2.75, 3.05) is 549 Å². The first kappa shape index (κ1) is 130. The van der Waals surface area contributed by atoms with Gasteiger partial charge in [-0.05, 0) is 6.92 Å². The molecule has 1 atom stereocenters. The van der Waals surface area contributed by atoms with Crippen LogP contribution in [0.1, 0.15) is 6.92 Å². The predicted molar refractivity (Wildman–Crippen MR) is 474 cm³/mol. The van der Waals surface area contributed by atoms with E-state index < -0.39 is 7.82 Å². The molecular weight excluding hydrogens is 1790 g/mol. The maximum absolute atomic E-state index is 11.7. The number of carbonyl (C=O) groups excluding carboxylic acids is 1. The zero-order chi connectivity index (χ0) is 94.5. The van der Waals surface area contributed by atoms with Crippen LogP contribution in [0.5, 0.6) is 0 Å². The quantitative estimate of drug-likeness (QED) is 0.0620. The smallest absolute Gasteiger partial charge is 0.382 e. The average Bonchev–Trinajstić information content (AvgIpc) is 0.941. The Hall–Kier alpha value is -2.02. The van der Waals surface area contributed by atoms with Gasteiger partial charge in [-0.25, -0.2) is 4.57 Å². The van der Waals surface area contributed by atoms with Gasteiger partial charge in [-0.2, -0.15) is 0 Å². The summed E-state index contributed by atoms with van der Waals surface area (Å²) in [5, 5.41) is 2.50. The second kappa shape index (κ2) is 121. The van der Waals surface area contributed by atoms with Crippen LogP contribution >= 0.6 is 7.82 Å². The molecule has 0 radical (unpaired) electrons. The summed E-state index contributed by atoms with van der Waals surface area (Å²) < 4.78 is 240. The van der Waals surface area contributed by atoms with E-state index in [1.165, 1.54) is 0 Å². The number of phosphoric ester groups is 1. The largest absolute Gasteiger partial charge is 0.472 e. The fourth-order valence-corrected chi connectivity index (χ4v) is 9.99. The summed E-state index contributed by atoms with van der Waals surface area (Å²) in [6.07, 6.45) is 0. The van der Waals surface area contributed by atoms with E-state index in [0.717, 1.165) is 0 Å². The number of rotatable bonds is 125. The molecule has 47 heteroatoms. The second-order valence-corrected chi connectivity index (χ2v) is 27.8. The van der Waals surface area contributed by atoms with Crippen molar-refractivity contribution in [3.63, 3.8) is 0 Å². The minimum absolute atomic E-state index is 0.0388. The van der Waals surface area contributed by atoms with E-state index in [1.54, 1.807) is 14.0 Å². The Kier molecular flexibility index (Phi) is 119. The molecule has 0 saturated carbocycles. The van der Waals surface area contributed by atoms with Crippen LogP contribution in [0.2, 0.25) is 0 Å². The Morgan fingerprint density at radius 1 is 0.174 bits per heavy atom. The highest BCUT2D eigenvalue weighted by molar-refractivity contribution is 7.47. The number of phosphoric acid groups is 1. The number of carbonyl (C=O) groups is 1. The molecule has 792 valence electrons. The summed E-state index contributed by atoms with van der Waals surface area (Å²) in [7, 11) is -2.43. The van der Waals surface area contributed by atoms with Gasteiger partial charge in [0.05, 0.1) is 529 Å². The van der Waals surface area contributed by atoms with E-state index in [2.05, 4.69) is 14.4 Å². The first-order valence-electron chi connectivity index (χ1n) is 46.4. The van der Waals surface area contributed by atoms with Crippen molar-refractivity contribution < 1.29 is 213 Å². The van der Waals surface area contributed by atoms with Gasteiger partial charge < -0.3 is 200 Å². The Bertz CT molecular complexity index is 2050. The molecule has 0 aliphatic carbocycles. The zero-order valence-corrected chi connectivity index (χ0v) is 80.7. The van der Waals surface area contributed by atoms with Crippen molar-refractivity contribution in [3.8, 4) is 0 Å². The Labute approximate surface area is 784 Å². The third-order valence-corrected chi connectivity index (χ3v) is 16.9. The van der Waals surface area contributed by atoms with Gasteiger partial charge in [0.1, 0.15) is 6.61 Å². The minimum Gasteiger partial charge on any atom is -0.382 e. The maximum atomic E-state index is 11.7. The topological polar surface area (TPSA) is 454 Å². The predicted octanol–water partition coefficient (Wildman–Crippen LogP) is 0.550. The average molecular weight is 1960 g/mol. The molecule has 0 aromatic heterocycles. The molecule has 0 aliphatic rings. The lowest BCUT2D eigenvalue weighted by Gasteiger charge is -2.11. The Morgan fingerprint density at radius 2 is 0.280 bits per heavy atom. The third-order valence-electron chi connectivity index (χ3n) is 15.8. The molecule has 46 nitrogen and oxygen atoms in total. The molecule has 0 aromatic rings. The summed E-state index contributed by atoms with van der Waals surface area (Å²) in [4.78, 5) is 21.0. The van der Waals surface area contributed by atoms with Gasteiger partial charge in [0.25, 0.3) is 0 Å². The van der Waals surface area contributed by atoms with Gasteiger partial charge in [0.2, 0.25) is 5.91 Å².